The first kappa shape index (κ1) is 15.4. The van der Waals surface area contributed by atoms with Gasteiger partial charge in [-0.2, -0.15) is 11.8 Å². The fourth-order valence-corrected chi connectivity index (χ4v) is 3.11. The maximum Gasteiger partial charge on any atom is 0.136 e. The molecule has 0 bridgehead atoms. The van der Waals surface area contributed by atoms with Crippen LogP contribution in [-0.2, 0) is 0 Å². The Kier molecular flexibility index (Phi) is 5.13. The van der Waals surface area contributed by atoms with Gasteiger partial charge < -0.3 is 10.6 Å². The molecule has 1 aromatic rings. The van der Waals surface area contributed by atoms with E-state index in [0.29, 0.717) is 10.7 Å². The van der Waals surface area contributed by atoms with Gasteiger partial charge in [0.2, 0.25) is 0 Å². The molecule has 1 aliphatic rings. The minimum Gasteiger partial charge on any atom is -0.373 e. The van der Waals surface area contributed by atoms with E-state index < -0.39 is 0 Å². The van der Waals surface area contributed by atoms with Crippen molar-refractivity contribution < 1.29 is 0 Å². The molecule has 0 saturated heterocycles. The summed E-state index contributed by atoms with van der Waals surface area (Å²) < 4.78 is 0.296. The van der Waals surface area contributed by atoms with E-state index in [9.17, 15) is 0 Å². The zero-order valence-electron chi connectivity index (χ0n) is 13.0. The lowest BCUT2D eigenvalue weighted by Gasteiger charge is -2.30. The molecule has 20 heavy (non-hydrogen) atoms. The van der Waals surface area contributed by atoms with Gasteiger partial charge in [0.1, 0.15) is 17.5 Å². The van der Waals surface area contributed by atoms with Gasteiger partial charge in [0, 0.05) is 30.3 Å². The number of aromatic nitrogens is 2. The number of hydrogen-bond acceptors (Lipinski definition) is 5. The number of anilines is 2. The van der Waals surface area contributed by atoms with E-state index in [1.807, 2.05) is 24.9 Å². The normalized spacial score (nSPS) is 15.2. The maximum atomic E-state index is 4.68. The minimum atomic E-state index is 0.296. The second kappa shape index (κ2) is 6.66. The predicted molar refractivity (Wildman–Crippen MR) is 88.9 cm³/mol. The molecule has 5 heteroatoms. The summed E-state index contributed by atoms with van der Waals surface area (Å²) in [4.78, 5) is 9.23. The van der Waals surface area contributed by atoms with Crippen LogP contribution in [0.1, 0.15) is 51.3 Å². The summed E-state index contributed by atoms with van der Waals surface area (Å²) in [5.74, 6) is 3.42. The second-order valence-corrected chi connectivity index (χ2v) is 6.74. The van der Waals surface area contributed by atoms with Gasteiger partial charge in [-0.1, -0.05) is 13.8 Å². The average molecular weight is 294 g/mol. The Balaban J connectivity index is 2.10. The minimum absolute atomic E-state index is 0.296. The summed E-state index contributed by atoms with van der Waals surface area (Å²) in [5.41, 5.74) is 0. The van der Waals surface area contributed by atoms with Crippen molar-refractivity contribution >= 4 is 23.4 Å². The number of thioether (sulfide) groups is 1. The van der Waals surface area contributed by atoms with Crippen molar-refractivity contribution in [2.24, 2.45) is 0 Å². The first-order valence-electron chi connectivity index (χ1n) is 7.52. The van der Waals surface area contributed by atoms with Gasteiger partial charge in [-0.15, -0.1) is 0 Å². The molecule has 0 aromatic carbocycles. The van der Waals surface area contributed by atoms with Crippen LogP contribution in [0.3, 0.4) is 0 Å². The molecule has 2 N–H and O–H groups in total. The zero-order valence-corrected chi connectivity index (χ0v) is 13.8. The molecule has 0 amide bonds. The van der Waals surface area contributed by atoms with Crippen LogP contribution in [0.2, 0.25) is 0 Å². The number of rotatable bonds is 8. The Morgan fingerprint density at radius 1 is 1.25 bits per heavy atom. The van der Waals surface area contributed by atoms with E-state index in [-0.39, 0.29) is 0 Å². The van der Waals surface area contributed by atoms with Crippen molar-refractivity contribution in [3.05, 3.63) is 11.9 Å². The third-order valence-corrected chi connectivity index (χ3v) is 5.84. The highest BCUT2D eigenvalue weighted by Gasteiger charge is 2.28. The monoisotopic (exact) mass is 294 g/mol. The molecular weight excluding hydrogens is 268 g/mol. The quantitative estimate of drug-likeness (QED) is 0.765. The van der Waals surface area contributed by atoms with E-state index in [2.05, 4.69) is 40.7 Å². The molecule has 1 aromatic heterocycles. The third-order valence-electron chi connectivity index (χ3n) is 4.26. The molecule has 0 radical (unpaired) electrons. The first-order chi connectivity index (χ1) is 9.66. The molecule has 112 valence electrons. The average Bonchev–Trinajstić information content (AvgIpc) is 3.33. The van der Waals surface area contributed by atoms with E-state index in [1.165, 1.54) is 12.8 Å². The van der Waals surface area contributed by atoms with Crippen molar-refractivity contribution in [2.45, 2.75) is 50.2 Å². The summed E-state index contributed by atoms with van der Waals surface area (Å²) in [6.07, 6.45) is 6.98. The van der Waals surface area contributed by atoms with Crippen LogP contribution in [-0.4, -0.2) is 34.6 Å². The SMILES string of the molecule is CCC(CC)(CNc1cc(NC)nc(C2CC2)n1)SC. The van der Waals surface area contributed by atoms with Gasteiger partial charge in [0.25, 0.3) is 0 Å². The fraction of sp³-hybridized carbons (Fsp3) is 0.733. The molecule has 0 spiro atoms. The van der Waals surface area contributed by atoms with E-state index in [1.54, 1.807) is 0 Å². The first-order valence-corrected chi connectivity index (χ1v) is 8.74. The molecule has 0 unspecified atom stereocenters. The smallest absolute Gasteiger partial charge is 0.136 e. The zero-order chi connectivity index (χ0) is 14.6. The van der Waals surface area contributed by atoms with Crippen LogP contribution in [0, 0.1) is 0 Å². The van der Waals surface area contributed by atoms with Crippen molar-refractivity contribution in [3.63, 3.8) is 0 Å². The van der Waals surface area contributed by atoms with E-state index >= 15 is 0 Å². The Morgan fingerprint density at radius 2 is 1.90 bits per heavy atom. The lowest BCUT2D eigenvalue weighted by Crippen LogP contribution is -2.32. The van der Waals surface area contributed by atoms with Crippen LogP contribution >= 0.6 is 11.8 Å². The van der Waals surface area contributed by atoms with E-state index in [0.717, 1.165) is 36.8 Å². The van der Waals surface area contributed by atoms with Crippen molar-refractivity contribution in [1.29, 1.82) is 0 Å². The maximum absolute atomic E-state index is 4.68. The number of nitrogens with zero attached hydrogens (tertiary/aromatic N) is 2. The topological polar surface area (TPSA) is 49.8 Å². The fourth-order valence-electron chi connectivity index (χ4n) is 2.32. The Hall–Kier alpha value is -0.970. The van der Waals surface area contributed by atoms with Crippen LogP contribution < -0.4 is 10.6 Å². The van der Waals surface area contributed by atoms with E-state index in [4.69, 9.17) is 0 Å². The summed E-state index contributed by atoms with van der Waals surface area (Å²) in [7, 11) is 1.91. The summed E-state index contributed by atoms with van der Waals surface area (Å²) in [5, 5.41) is 6.66. The Labute approximate surface area is 126 Å². The number of hydrogen-bond donors (Lipinski definition) is 2. The van der Waals surface area contributed by atoms with Gasteiger partial charge in [-0.3, -0.25) is 0 Å². The largest absolute Gasteiger partial charge is 0.373 e. The Bertz CT molecular complexity index is 433. The lowest BCUT2D eigenvalue weighted by atomic mass is 10.0. The van der Waals surface area contributed by atoms with Crippen molar-refractivity contribution in [2.75, 3.05) is 30.5 Å². The standard InChI is InChI=1S/C15H26N4S/c1-5-15(6-2,20-4)10-17-13-9-12(16-3)18-14(19-13)11-7-8-11/h9,11H,5-8,10H2,1-4H3,(H2,16,17,18,19). The summed E-state index contributed by atoms with van der Waals surface area (Å²) >= 11 is 1.95. The molecule has 0 aliphatic heterocycles. The molecule has 0 atom stereocenters. The van der Waals surface area contributed by atoms with Crippen LogP contribution in [0.15, 0.2) is 6.07 Å². The second-order valence-electron chi connectivity index (χ2n) is 5.47. The van der Waals surface area contributed by atoms with Gasteiger partial charge >= 0.3 is 0 Å². The van der Waals surface area contributed by atoms with Crippen LogP contribution in [0.25, 0.3) is 0 Å². The molecule has 1 aliphatic carbocycles. The molecule has 1 saturated carbocycles. The highest BCUT2D eigenvalue weighted by molar-refractivity contribution is 8.00. The molecule has 4 nitrogen and oxygen atoms in total. The molecule has 1 fully saturated rings. The third kappa shape index (κ3) is 3.57. The molecule has 2 rings (SSSR count). The van der Waals surface area contributed by atoms with Gasteiger partial charge in [0.05, 0.1) is 0 Å². The predicted octanol–water partition coefficient (Wildman–Crippen LogP) is 3.73. The molecular formula is C15H26N4S. The Morgan fingerprint density at radius 3 is 2.40 bits per heavy atom. The van der Waals surface area contributed by atoms with Gasteiger partial charge in [0.15, 0.2) is 0 Å². The van der Waals surface area contributed by atoms with Gasteiger partial charge in [-0.25, -0.2) is 9.97 Å². The van der Waals surface area contributed by atoms with Crippen molar-refractivity contribution in [3.8, 4) is 0 Å². The number of nitrogens with one attached hydrogen (secondary N) is 2. The highest BCUT2D eigenvalue weighted by Crippen LogP contribution is 2.39. The summed E-state index contributed by atoms with van der Waals surface area (Å²) in [6.45, 7) is 5.47. The summed E-state index contributed by atoms with van der Waals surface area (Å²) in [6, 6.07) is 2.00. The highest BCUT2D eigenvalue weighted by atomic mass is 32.2. The van der Waals surface area contributed by atoms with Gasteiger partial charge in [-0.05, 0) is 31.9 Å². The van der Waals surface area contributed by atoms with Crippen LogP contribution in [0.4, 0.5) is 11.6 Å². The lowest BCUT2D eigenvalue weighted by molar-refractivity contribution is 0.573. The molecule has 1 heterocycles. The van der Waals surface area contributed by atoms with Crippen LogP contribution in [0.5, 0.6) is 0 Å². The van der Waals surface area contributed by atoms with Crippen molar-refractivity contribution in [1.82, 2.24) is 9.97 Å².